The van der Waals surface area contributed by atoms with Crippen LogP contribution in [0.5, 0.6) is 0 Å². The maximum Gasteiger partial charge on any atom is 0.315 e. The topological polar surface area (TPSA) is 64.6 Å². The zero-order valence-corrected chi connectivity index (χ0v) is 13.7. The lowest BCUT2D eigenvalue weighted by Gasteiger charge is -2.30. The summed E-state index contributed by atoms with van der Waals surface area (Å²) in [5, 5.41) is 16.1. The maximum atomic E-state index is 12.3. The van der Waals surface area contributed by atoms with E-state index in [0.717, 1.165) is 38.6 Å². The molecule has 4 atom stereocenters. The molecule has 1 aromatic rings. The van der Waals surface area contributed by atoms with Crippen LogP contribution in [0.15, 0.2) is 30.3 Å². The summed E-state index contributed by atoms with van der Waals surface area (Å²) in [4.78, 5) is 14.6. The summed E-state index contributed by atoms with van der Waals surface area (Å²) >= 11 is 0. The molecule has 1 aliphatic carbocycles. The van der Waals surface area contributed by atoms with Crippen molar-refractivity contribution in [3.8, 4) is 0 Å². The fourth-order valence-corrected chi connectivity index (χ4v) is 3.89. The zero-order valence-electron chi connectivity index (χ0n) is 13.7. The average molecular weight is 317 g/mol. The van der Waals surface area contributed by atoms with Crippen LogP contribution >= 0.6 is 0 Å². The molecule has 1 aliphatic heterocycles. The zero-order chi connectivity index (χ0) is 16.2. The van der Waals surface area contributed by atoms with Crippen molar-refractivity contribution in [3.05, 3.63) is 35.9 Å². The molecular formula is C18H27N3O2. The van der Waals surface area contributed by atoms with Crippen LogP contribution in [0.1, 0.15) is 43.7 Å². The number of aliphatic hydroxyl groups excluding tert-OH is 1. The number of urea groups is 1. The lowest BCUT2D eigenvalue weighted by atomic mass is 9.93. The summed E-state index contributed by atoms with van der Waals surface area (Å²) < 4.78 is 0. The number of carbonyl (C=O) groups excluding carboxylic acids is 1. The number of likely N-dealkylation sites (N-methyl/N-ethyl adjacent to an activating group) is 1. The van der Waals surface area contributed by atoms with E-state index in [1.165, 1.54) is 5.56 Å². The van der Waals surface area contributed by atoms with Crippen molar-refractivity contribution >= 4 is 6.03 Å². The van der Waals surface area contributed by atoms with Crippen molar-refractivity contribution < 1.29 is 9.90 Å². The molecule has 5 heteroatoms. The Kier molecular flexibility index (Phi) is 5.18. The number of nitrogens with one attached hydrogen (secondary N) is 2. The summed E-state index contributed by atoms with van der Waals surface area (Å²) in [7, 11) is 2.10. The number of amides is 2. The Morgan fingerprint density at radius 1 is 1.09 bits per heavy atom. The van der Waals surface area contributed by atoms with E-state index in [-0.39, 0.29) is 24.2 Å². The minimum absolute atomic E-state index is 0.100. The molecule has 2 amide bonds. The lowest BCUT2D eigenvalue weighted by Crippen LogP contribution is -2.52. The van der Waals surface area contributed by atoms with Gasteiger partial charge in [-0.3, -0.25) is 4.90 Å². The lowest BCUT2D eigenvalue weighted by molar-refractivity contribution is 0.0938. The molecule has 1 saturated carbocycles. The Hall–Kier alpha value is -1.59. The second kappa shape index (κ2) is 7.32. The molecule has 126 valence electrons. The molecule has 2 fully saturated rings. The Balaban J connectivity index is 1.61. The van der Waals surface area contributed by atoms with Crippen molar-refractivity contribution in [2.45, 2.75) is 56.3 Å². The van der Waals surface area contributed by atoms with Gasteiger partial charge in [-0.15, -0.1) is 0 Å². The molecule has 4 unspecified atom stereocenters. The van der Waals surface area contributed by atoms with Crippen LogP contribution in [0, 0.1) is 0 Å². The van der Waals surface area contributed by atoms with Gasteiger partial charge in [0.15, 0.2) is 0 Å². The third-order valence-corrected chi connectivity index (χ3v) is 5.15. The number of likely N-dealkylation sites (tertiary alicyclic amines) is 1. The van der Waals surface area contributed by atoms with Crippen molar-refractivity contribution in [2.24, 2.45) is 0 Å². The quantitative estimate of drug-likeness (QED) is 0.799. The van der Waals surface area contributed by atoms with Crippen molar-refractivity contribution in [2.75, 3.05) is 13.6 Å². The molecule has 1 heterocycles. The van der Waals surface area contributed by atoms with Crippen LogP contribution < -0.4 is 10.6 Å². The highest BCUT2D eigenvalue weighted by Crippen LogP contribution is 2.30. The van der Waals surface area contributed by atoms with Crippen molar-refractivity contribution in [3.63, 3.8) is 0 Å². The summed E-state index contributed by atoms with van der Waals surface area (Å²) in [6, 6.07) is 10.4. The maximum absolute atomic E-state index is 12.3. The molecule has 0 bridgehead atoms. The fraction of sp³-hybridized carbons (Fsp3) is 0.611. The van der Waals surface area contributed by atoms with Crippen molar-refractivity contribution in [1.29, 1.82) is 0 Å². The number of nitrogens with zero attached hydrogens (tertiary/aromatic N) is 1. The highest BCUT2D eigenvalue weighted by Gasteiger charge is 2.34. The van der Waals surface area contributed by atoms with E-state index >= 15 is 0 Å². The molecule has 23 heavy (non-hydrogen) atoms. The minimum atomic E-state index is -0.411. The van der Waals surface area contributed by atoms with E-state index < -0.39 is 6.10 Å². The van der Waals surface area contributed by atoms with E-state index in [9.17, 15) is 9.90 Å². The van der Waals surface area contributed by atoms with Gasteiger partial charge in [0.2, 0.25) is 0 Å². The predicted molar refractivity (Wildman–Crippen MR) is 90.1 cm³/mol. The van der Waals surface area contributed by atoms with Gasteiger partial charge in [0, 0.05) is 6.54 Å². The molecular weight excluding hydrogens is 290 g/mol. The normalized spacial score (nSPS) is 31.7. The van der Waals surface area contributed by atoms with Gasteiger partial charge < -0.3 is 15.7 Å². The largest absolute Gasteiger partial charge is 0.391 e. The second-order valence-corrected chi connectivity index (χ2v) is 6.81. The SMILES string of the molecule is CN1CCC(NC(=O)NC2CCCCC2O)C1c1ccccc1. The Morgan fingerprint density at radius 3 is 2.52 bits per heavy atom. The standard InChI is InChI=1S/C18H27N3O2/c1-21-12-11-15(17(21)13-7-3-2-4-8-13)20-18(23)19-14-9-5-6-10-16(14)22/h2-4,7-8,14-17,22H,5-6,9-12H2,1H3,(H2,19,20,23). The number of rotatable bonds is 3. The highest BCUT2D eigenvalue weighted by molar-refractivity contribution is 5.74. The van der Waals surface area contributed by atoms with E-state index in [4.69, 9.17) is 0 Å². The smallest absolute Gasteiger partial charge is 0.315 e. The monoisotopic (exact) mass is 317 g/mol. The van der Waals surface area contributed by atoms with Gasteiger partial charge in [-0.25, -0.2) is 4.79 Å². The molecule has 3 N–H and O–H groups in total. The molecule has 0 spiro atoms. The van der Waals surface area contributed by atoms with Gasteiger partial charge in [0.1, 0.15) is 0 Å². The van der Waals surface area contributed by atoms with Crippen LogP contribution in [0.25, 0.3) is 0 Å². The van der Waals surface area contributed by atoms with Gasteiger partial charge in [-0.2, -0.15) is 0 Å². The fourth-order valence-electron chi connectivity index (χ4n) is 3.89. The second-order valence-electron chi connectivity index (χ2n) is 6.81. The van der Waals surface area contributed by atoms with Gasteiger partial charge in [-0.1, -0.05) is 43.2 Å². The number of hydrogen-bond acceptors (Lipinski definition) is 3. The molecule has 3 rings (SSSR count). The molecule has 1 aromatic carbocycles. The first-order valence-electron chi connectivity index (χ1n) is 8.65. The number of benzene rings is 1. The first-order chi connectivity index (χ1) is 11.1. The van der Waals surface area contributed by atoms with Crippen LogP contribution in [0.2, 0.25) is 0 Å². The molecule has 2 aliphatic rings. The van der Waals surface area contributed by atoms with E-state index in [0.29, 0.717) is 0 Å². The van der Waals surface area contributed by atoms with Gasteiger partial charge in [0.05, 0.1) is 24.2 Å². The average Bonchev–Trinajstić information content (AvgIpc) is 2.91. The first-order valence-corrected chi connectivity index (χ1v) is 8.65. The van der Waals surface area contributed by atoms with Gasteiger partial charge >= 0.3 is 6.03 Å². The molecule has 0 radical (unpaired) electrons. The molecule has 5 nitrogen and oxygen atoms in total. The van der Waals surface area contributed by atoms with Gasteiger partial charge in [0.25, 0.3) is 0 Å². The van der Waals surface area contributed by atoms with Crippen LogP contribution in [-0.4, -0.2) is 47.8 Å². The summed E-state index contributed by atoms with van der Waals surface area (Å²) in [5.74, 6) is 0. The molecule has 0 aromatic heterocycles. The predicted octanol–water partition coefficient (Wildman–Crippen LogP) is 2.03. The van der Waals surface area contributed by atoms with Crippen molar-refractivity contribution in [1.82, 2.24) is 15.5 Å². The Morgan fingerprint density at radius 2 is 1.78 bits per heavy atom. The highest BCUT2D eigenvalue weighted by atomic mass is 16.3. The number of hydrogen-bond donors (Lipinski definition) is 3. The minimum Gasteiger partial charge on any atom is -0.391 e. The van der Waals surface area contributed by atoms with Crippen LogP contribution in [0.3, 0.4) is 0 Å². The summed E-state index contributed by atoms with van der Waals surface area (Å²) in [6.45, 7) is 0.969. The number of aliphatic hydroxyl groups is 1. The van der Waals surface area contributed by atoms with E-state index in [2.05, 4.69) is 34.7 Å². The van der Waals surface area contributed by atoms with Gasteiger partial charge in [-0.05, 0) is 31.9 Å². The first kappa shape index (κ1) is 16.3. The Bertz CT molecular complexity index is 522. The van der Waals surface area contributed by atoms with Crippen LogP contribution in [-0.2, 0) is 0 Å². The Labute approximate surface area is 138 Å². The van der Waals surface area contributed by atoms with E-state index in [1.54, 1.807) is 0 Å². The third-order valence-electron chi connectivity index (χ3n) is 5.15. The third kappa shape index (κ3) is 3.85. The van der Waals surface area contributed by atoms with Crippen LogP contribution in [0.4, 0.5) is 4.79 Å². The van der Waals surface area contributed by atoms with E-state index in [1.807, 2.05) is 18.2 Å². The molecule has 1 saturated heterocycles. The summed E-state index contributed by atoms with van der Waals surface area (Å²) in [5.41, 5.74) is 1.23. The summed E-state index contributed by atoms with van der Waals surface area (Å²) in [6.07, 6.45) is 4.29. The number of carbonyl (C=O) groups is 1.